The molecule has 1 nitrogen and oxygen atoms in total. The fourth-order valence-corrected chi connectivity index (χ4v) is 1.19. The second kappa shape index (κ2) is 5.92. The zero-order valence-corrected chi connectivity index (χ0v) is 7.18. The van der Waals surface area contributed by atoms with Crippen LogP contribution in [0, 0.1) is 6.54 Å². The van der Waals surface area contributed by atoms with E-state index in [1.54, 1.807) is 0 Å². The molecule has 0 saturated heterocycles. The highest BCUT2D eigenvalue weighted by molar-refractivity contribution is 5.75. The van der Waals surface area contributed by atoms with Crippen LogP contribution in [0.1, 0.15) is 34.6 Å². The smallest absolute Gasteiger partial charge is 0.0226 e. The highest BCUT2D eigenvalue weighted by Gasteiger charge is 2.09. The van der Waals surface area contributed by atoms with Crippen molar-refractivity contribution in [2.45, 2.75) is 46.7 Å². The van der Waals surface area contributed by atoms with Crippen molar-refractivity contribution in [3.8, 4) is 0 Å². The Labute approximate surface area is 69.8 Å². The van der Waals surface area contributed by atoms with Crippen molar-refractivity contribution in [2.24, 2.45) is 0 Å². The zero-order valence-electron chi connectivity index (χ0n) is 7.18. The maximum Gasteiger partial charge on any atom is 0.0226 e. The largest absolute Gasteiger partial charge is 0.294 e. The van der Waals surface area contributed by atoms with E-state index in [-0.39, 0.29) is 11.0 Å². The normalized spacial score (nSPS) is 10.8. The highest BCUT2D eigenvalue weighted by atomic mass is 28.1. The third-order valence-electron chi connectivity index (χ3n) is 1.49. The molecule has 0 bridgehead atoms. The minimum atomic E-state index is 0. The molecule has 2 heteroatoms. The second-order valence-corrected chi connectivity index (χ2v) is 2.89. The first-order valence-corrected chi connectivity index (χ1v) is 3.66. The van der Waals surface area contributed by atoms with Crippen LogP contribution in [-0.2, 0) is 0 Å². The van der Waals surface area contributed by atoms with E-state index < -0.39 is 0 Å². The van der Waals surface area contributed by atoms with E-state index in [1.165, 1.54) is 0 Å². The fourth-order valence-electron chi connectivity index (χ4n) is 1.19. The van der Waals surface area contributed by atoms with Crippen molar-refractivity contribution in [3.63, 3.8) is 0 Å². The summed E-state index contributed by atoms with van der Waals surface area (Å²) in [6, 6.07) is 1.27. The lowest BCUT2D eigenvalue weighted by molar-refractivity contribution is 0.225. The van der Waals surface area contributed by atoms with E-state index in [0.29, 0.717) is 12.1 Å². The van der Waals surface area contributed by atoms with Gasteiger partial charge in [-0.15, -0.1) is 0 Å². The summed E-state index contributed by atoms with van der Waals surface area (Å²) in [5, 5.41) is 0. The van der Waals surface area contributed by atoms with Crippen LogP contribution in [0.3, 0.4) is 0 Å². The monoisotopic (exact) mass is 160 g/mol. The molecule has 10 heavy (non-hydrogen) atoms. The lowest BCUT2D eigenvalue weighted by Gasteiger charge is -2.28. The lowest BCUT2D eigenvalue weighted by Crippen LogP contribution is -2.33. The standard InChI is InChI=1S/C8H18N.H4Si/c1-6-9(7(2)3)8(4)5;/h6-8H,1-5H3;1H4. The molecule has 0 rings (SSSR count). The van der Waals surface area contributed by atoms with E-state index in [0.717, 1.165) is 0 Å². The van der Waals surface area contributed by atoms with E-state index in [1.807, 2.05) is 0 Å². The van der Waals surface area contributed by atoms with Gasteiger partial charge in [-0.1, -0.05) is 0 Å². The Morgan fingerprint density at radius 3 is 1.30 bits per heavy atom. The molecule has 0 aromatic carbocycles. The molecule has 0 saturated carbocycles. The van der Waals surface area contributed by atoms with Gasteiger partial charge in [-0.05, 0) is 45.6 Å². The molecule has 0 aliphatic heterocycles. The second-order valence-electron chi connectivity index (χ2n) is 2.89. The Morgan fingerprint density at radius 2 is 1.30 bits per heavy atom. The SMILES string of the molecule is C[CH]N(C(C)C)C(C)C.[SiH4]. The summed E-state index contributed by atoms with van der Waals surface area (Å²) in [4.78, 5) is 2.33. The predicted molar refractivity (Wildman–Crippen MR) is 53.4 cm³/mol. The van der Waals surface area contributed by atoms with Crippen LogP contribution in [0.5, 0.6) is 0 Å². The van der Waals surface area contributed by atoms with Crippen molar-refractivity contribution < 1.29 is 0 Å². The van der Waals surface area contributed by atoms with Gasteiger partial charge in [0.25, 0.3) is 0 Å². The topological polar surface area (TPSA) is 3.24 Å². The van der Waals surface area contributed by atoms with Gasteiger partial charge in [-0.25, -0.2) is 0 Å². The van der Waals surface area contributed by atoms with Crippen molar-refractivity contribution in [3.05, 3.63) is 6.54 Å². The first-order valence-electron chi connectivity index (χ1n) is 3.66. The van der Waals surface area contributed by atoms with Crippen LogP contribution < -0.4 is 0 Å². The number of rotatable bonds is 3. The summed E-state index contributed by atoms with van der Waals surface area (Å²) >= 11 is 0. The van der Waals surface area contributed by atoms with Gasteiger partial charge in [0.1, 0.15) is 0 Å². The maximum atomic E-state index is 2.33. The first-order chi connectivity index (χ1) is 4.09. The quantitative estimate of drug-likeness (QED) is 0.553. The van der Waals surface area contributed by atoms with Crippen LogP contribution in [-0.4, -0.2) is 27.9 Å². The molecule has 63 valence electrons. The Balaban J connectivity index is 0. The molecular formula is C8H22NSi. The van der Waals surface area contributed by atoms with Crippen molar-refractivity contribution in [1.82, 2.24) is 4.90 Å². The van der Waals surface area contributed by atoms with E-state index in [4.69, 9.17) is 0 Å². The Morgan fingerprint density at radius 1 is 1.00 bits per heavy atom. The van der Waals surface area contributed by atoms with Crippen molar-refractivity contribution >= 4 is 11.0 Å². The Kier molecular flexibility index (Phi) is 7.59. The first kappa shape index (κ1) is 12.8. The zero-order chi connectivity index (χ0) is 7.44. The summed E-state index contributed by atoms with van der Waals surface area (Å²) < 4.78 is 0. The minimum Gasteiger partial charge on any atom is -0.294 e. The molecule has 0 atom stereocenters. The summed E-state index contributed by atoms with van der Waals surface area (Å²) in [5.41, 5.74) is 0. The molecule has 0 aliphatic carbocycles. The molecule has 0 spiro atoms. The molecule has 0 fully saturated rings. The Bertz CT molecular complexity index is 63.7. The minimum absolute atomic E-state index is 0. The van der Waals surface area contributed by atoms with Crippen LogP contribution in [0.2, 0.25) is 0 Å². The third kappa shape index (κ3) is 4.07. The fraction of sp³-hybridized carbons (Fsp3) is 0.875. The van der Waals surface area contributed by atoms with Gasteiger partial charge in [0.05, 0.1) is 0 Å². The summed E-state index contributed by atoms with van der Waals surface area (Å²) in [5.74, 6) is 0. The van der Waals surface area contributed by atoms with Crippen LogP contribution in [0.25, 0.3) is 0 Å². The predicted octanol–water partition coefficient (Wildman–Crippen LogP) is 0.835. The van der Waals surface area contributed by atoms with Gasteiger partial charge in [-0.3, -0.25) is 4.90 Å². The van der Waals surface area contributed by atoms with Crippen LogP contribution >= 0.6 is 0 Å². The van der Waals surface area contributed by atoms with Crippen LogP contribution in [0.4, 0.5) is 0 Å². The Hall–Kier alpha value is 0.177. The molecule has 0 unspecified atom stereocenters. The summed E-state index contributed by atoms with van der Waals surface area (Å²) in [6.07, 6.45) is 0. The molecule has 0 aromatic heterocycles. The van der Waals surface area contributed by atoms with E-state index >= 15 is 0 Å². The molecule has 0 aromatic rings. The molecule has 0 heterocycles. The molecule has 0 N–H and O–H groups in total. The average Bonchev–Trinajstić information content (AvgIpc) is 1.64. The third-order valence-corrected chi connectivity index (χ3v) is 1.49. The molecule has 0 amide bonds. The van der Waals surface area contributed by atoms with Gasteiger partial charge >= 0.3 is 0 Å². The lowest BCUT2D eigenvalue weighted by atomic mass is 10.2. The number of hydrogen-bond donors (Lipinski definition) is 0. The molecule has 1 radical (unpaired) electrons. The average molecular weight is 160 g/mol. The van der Waals surface area contributed by atoms with Crippen LogP contribution in [0.15, 0.2) is 0 Å². The van der Waals surface area contributed by atoms with Gasteiger partial charge in [0.15, 0.2) is 0 Å². The van der Waals surface area contributed by atoms with E-state index in [2.05, 4.69) is 46.1 Å². The summed E-state index contributed by atoms with van der Waals surface area (Å²) in [7, 11) is 0. The van der Waals surface area contributed by atoms with Gasteiger partial charge in [0, 0.05) is 18.6 Å². The highest BCUT2D eigenvalue weighted by Crippen LogP contribution is 2.05. The summed E-state index contributed by atoms with van der Waals surface area (Å²) in [6.45, 7) is 13.1. The maximum absolute atomic E-state index is 2.33. The molecule has 0 aliphatic rings. The van der Waals surface area contributed by atoms with Gasteiger partial charge in [0.2, 0.25) is 0 Å². The number of hydrogen-bond acceptors (Lipinski definition) is 1. The van der Waals surface area contributed by atoms with Crippen molar-refractivity contribution in [1.29, 1.82) is 0 Å². The van der Waals surface area contributed by atoms with Crippen molar-refractivity contribution in [2.75, 3.05) is 0 Å². The van der Waals surface area contributed by atoms with E-state index in [9.17, 15) is 0 Å². The molecular weight excluding hydrogens is 138 g/mol. The number of nitrogens with zero attached hydrogens (tertiary/aromatic N) is 1. The van der Waals surface area contributed by atoms with Gasteiger partial charge < -0.3 is 0 Å². The van der Waals surface area contributed by atoms with Gasteiger partial charge in [-0.2, -0.15) is 0 Å².